The fourth-order valence-electron chi connectivity index (χ4n) is 1.12. The van der Waals surface area contributed by atoms with E-state index in [1.54, 1.807) is 6.20 Å². The summed E-state index contributed by atoms with van der Waals surface area (Å²) in [5, 5.41) is 2.77. The maximum atomic E-state index is 11.6. The average Bonchev–Trinajstić information content (AvgIpc) is 2.20. The molecule has 0 aliphatic heterocycles. The van der Waals surface area contributed by atoms with Crippen LogP contribution in [0, 0.1) is 0 Å². The molecule has 1 amide bonds. The van der Waals surface area contributed by atoms with Gasteiger partial charge in [-0.1, -0.05) is 0 Å². The summed E-state index contributed by atoms with van der Waals surface area (Å²) in [7, 11) is 0. The molecule has 0 atom stereocenters. The average molecular weight is 210 g/mol. The van der Waals surface area contributed by atoms with Gasteiger partial charge in [-0.3, -0.25) is 9.59 Å². The molecule has 0 fully saturated rings. The van der Waals surface area contributed by atoms with E-state index in [-0.39, 0.29) is 17.8 Å². The number of nitrogens with zero attached hydrogens (tertiary/aromatic N) is 2. The largest absolute Gasteiger partial charge is 0.370 e. The van der Waals surface area contributed by atoms with Crippen LogP contribution in [0.4, 0.5) is 5.82 Å². The lowest BCUT2D eigenvalue weighted by molar-refractivity contribution is -0.117. The Bertz CT molecular complexity index is 399. The normalized spacial score (nSPS) is 9.93. The van der Waals surface area contributed by atoms with Crippen LogP contribution in [0.25, 0.3) is 0 Å². The van der Waals surface area contributed by atoms with Gasteiger partial charge in [0.2, 0.25) is 5.91 Å². The van der Waals surface area contributed by atoms with Gasteiger partial charge in [0.05, 0.1) is 0 Å². The Kier molecular flexibility index (Phi) is 3.84. The summed E-state index contributed by atoms with van der Waals surface area (Å²) < 4.78 is 1.53. The molecule has 82 valence electrons. The number of nitrogens with one attached hydrogen (secondary N) is 1. The number of aryl methyl sites for hydroxylation is 1. The van der Waals surface area contributed by atoms with Gasteiger partial charge in [0.25, 0.3) is 5.56 Å². The van der Waals surface area contributed by atoms with Crippen molar-refractivity contribution in [1.82, 2.24) is 9.55 Å². The van der Waals surface area contributed by atoms with Gasteiger partial charge < -0.3 is 15.6 Å². The molecule has 0 saturated heterocycles. The maximum Gasteiger partial charge on any atom is 0.293 e. The second kappa shape index (κ2) is 5.14. The molecule has 6 nitrogen and oxygen atoms in total. The minimum atomic E-state index is -0.408. The minimum absolute atomic E-state index is 0.183. The number of hydrogen-bond acceptors (Lipinski definition) is 4. The van der Waals surface area contributed by atoms with Gasteiger partial charge >= 0.3 is 0 Å². The Labute approximate surface area is 87.1 Å². The first-order chi connectivity index (χ1) is 7.15. The lowest BCUT2D eigenvalue weighted by atomic mass is 10.4. The van der Waals surface area contributed by atoms with Crippen LogP contribution in [0.1, 0.15) is 13.3 Å². The molecule has 1 heterocycles. The van der Waals surface area contributed by atoms with Crippen molar-refractivity contribution in [2.45, 2.75) is 19.9 Å². The van der Waals surface area contributed by atoms with E-state index in [1.807, 2.05) is 6.92 Å². The molecule has 1 aromatic rings. The smallest absolute Gasteiger partial charge is 0.293 e. The molecule has 15 heavy (non-hydrogen) atoms. The van der Waals surface area contributed by atoms with E-state index in [4.69, 9.17) is 5.73 Å². The summed E-state index contributed by atoms with van der Waals surface area (Å²) in [6.07, 6.45) is 3.33. The van der Waals surface area contributed by atoms with E-state index >= 15 is 0 Å². The Morgan fingerprint density at radius 1 is 1.67 bits per heavy atom. The monoisotopic (exact) mass is 210 g/mol. The second-order valence-corrected chi connectivity index (χ2v) is 3.01. The van der Waals surface area contributed by atoms with Crippen LogP contribution in [0.5, 0.6) is 0 Å². The lowest BCUT2D eigenvalue weighted by Gasteiger charge is -2.05. The van der Waals surface area contributed by atoms with E-state index in [9.17, 15) is 9.59 Å². The first kappa shape index (κ1) is 11.2. The van der Waals surface area contributed by atoms with Gasteiger partial charge in [-0.15, -0.1) is 0 Å². The highest BCUT2D eigenvalue weighted by Gasteiger charge is 2.02. The molecule has 1 aromatic heterocycles. The minimum Gasteiger partial charge on any atom is -0.370 e. The molecule has 0 bridgehead atoms. The predicted molar refractivity (Wildman–Crippen MR) is 56.5 cm³/mol. The molecule has 0 radical (unpaired) electrons. The Morgan fingerprint density at radius 3 is 3.00 bits per heavy atom. The topological polar surface area (TPSA) is 90.0 Å². The van der Waals surface area contributed by atoms with Crippen molar-refractivity contribution in [1.29, 1.82) is 0 Å². The van der Waals surface area contributed by atoms with E-state index in [0.29, 0.717) is 13.1 Å². The van der Waals surface area contributed by atoms with Crippen LogP contribution < -0.4 is 16.6 Å². The lowest BCUT2D eigenvalue weighted by Crippen LogP contribution is -2.25. The summed E-state index contributed by atoms with van der Waals surface area (Å²) in [5.74, 6) is -0.158. The number of nitrogens with two attached hydrogens (primary N) is 1. The van der Waals surface area contributed by atoms with Crippen molar-refractivity contribution in [2.75, 3.05) is 11.9 Å². The molecule has 0 spiro atoms. The van der Waals surface area contributed by atoms with Crippen LogP contribution in [-0.4, -0.2) is 22.0 Å². The van der Waals surface area contributed by atoms with Gasteiger partial charge in [0, 0.05) is 31.9 Å². The Hall–Kier alpha value is -1.85. The zero-order valence-electron chi connectivity index (χ0n) is 8.56. The van der Waals surface area contributed by atoms with Crippen LogP contribution in [0.15, 0.2) is 17.2 Å². The van der Waals surface area contributed by atoms with Crippen molar-refractivity contribution < 1.29 is 4.79 Å². The van der Waals surface area contributed by atoms with Crippen molar-refractivity contribution in [3.05, 3.63) is 22.7 Å². The molecule has 3 N–H and O–H groups in total. The molecule has 0 saturated carbocycles. The van der Waals surface area contributed by atoms with Crippen molar-refractivity contribution >= 4 is 11.7 Å². The van der Waals surface area contributed by atoms with E-state index in [2.05, 4.69) is 10.3 Å². The zero-order chi connectivity index (χ0) is 11.3. The molecule has 0 aliphatic rings. The van der Waals surface area contributed by atoms with Crippen molar-refractivity contribution in [3.8, 4) is 0 Å². The van der Waals surface area contributed by atoms with Crippen LogP contribution in [0.3, 0.4) is 0 Å². The summed E-state index contributed by atoms with van der Waals surface area (Å²) in [5.41, 5.74) is 4.78. The highest BCUT2D eigenvalue weighted by molar-refractivity contribution is 5.74. The molecular formula is C9H14N4O2. The maximum absolute atomic E-state index is 11.6. The van der Waals surface area contributed by atoms with Gasteiger partial charge in [0.1, 0.15) is 0 Å². The van der Waals surface area contributed by atoms with Crippen LogP contribution in [-0.2, 0) is 11.3 Å². The van der Waals surface area contributed by atoms with E-state index < -0.39 is 5.91 Å². The number of amides is 1. The predicted octanol–water partition coefficient (Wildman–Crippen LogP) is -0.449. The van der Waals surface area contributed by atoms with E-state index in [1.165, 1.54) is 10.8 Å². The van der Waals surface area contributed by atoms with Crippen molar-refractivity contribution in [3.63, 3.8) is 0 Å². The fraction of sp³-hybridized carbons (Fsp3) is 0.444. The highest BCUT2D eigenvalue weighted by Crippen LogP contribution is 1.92. The molecule has 6 heteroatoms. The van der Waals surface area contributed by atoms with Gasteiger partial charge in [0.15, 0.2) is 5.82 Å². The molecule has 0 aliphatic carbocycles. The summed E-state index contributed by atoms with van der Waals surface area (Å²) in [4.78, 5) is 26.0. The van der Waals surface area contributed by atoms with Crippen LogP contribution >= 0.6 is 0 Å². The first-order valence-corrected chi connectivity index (χ1v) is 4.72. The number of aromatic nitrogens is 2. The Balaban J connectivity index is 2.69. The van der Waals surface area contributed by atoms with Gasteiger partial charge in [-0.2, -0.15) is 0 Å². The Morgan fingerprint density at radius 2 is 2.40 bits per heavy atom. The number of carbonyl (C=O) groups excluding carboxylic acids is 1. The van der Waals surface area contributed by atoms with Gasteiger partial charge in [-0.25, -0.2) is 4.98 Å². The molecule has 1 rings (SSSR count). The van der Waals surface area contributed by atoms with Crippen molar-refractivity contribution in [2.24, 2.45) is 5.73 Å². The third-order valence-corrected chi connectivity index (χ3v) is 1.92. The fourth-order valence-corrected chi connectivity index (χ4v) is 1.12. The number of rotatable bonds is 5. The third-order valence-electron chi connectivity index (χ3n) is 1.92. The number of hydrogen-bond donors (Lipinski definition) is 2. The first-order valence-electron chi connectivity index (χ1n) is 4.72. The van der Waals surface area contributed by atoms with E-state index in [0.717, 1.165) is 0 Å². The summed E-state index contributed by atoms with van der Waals surface area (Å²) in [6.45, 7) is 2.78. The highest BCUT2D eigenvalue weighted by atomic mass is 16.1. The number of anilines is 1. The summed E-state index contributed by atoms with van der Waals surface area (Å²) in [6, 6.07) is 0. The molecule has 0 aromatic carbocycles. The zero-order valence-corrected chi connectivity index (χ0v) is 8.56. The third kappa shape index (κ3) is 3.08. The molecule has 0 unspecified atom stereocenters. The molecular weight excluding hydrogens is 196 g/mol. The standard InChI is InChI=1S/C9H14N4O2/c1-2-13-6-5-12-8(9(13)15)11-4-3-7(10)14/h5-6H,2-4H2,1H3,(H2,10,14)(H,11,12). The van der Waals surface area contributed by atoms with Gasteiger partial charge in [-0.05, 0) is 6.92 Å². The second-order valence-electron chi connectivity index (χ2n) is 3.01. The number of primary amides is 1. The quantitative estimate of drug-likeness (QED) is 0.688. The number of carbonyl (C=O) groups is 1. The van der Waals surface area contributed by atoms with Crippen LogP contribution in [0.2, 0.25) is 0 Å². The summed E-state index contributed by atoms with van der Waals surface area (Å²) >= 11 is 0. The SMILES string of the molecule is CCn1ccnc(NCCC(N)=O)c1=O.